The van der Waals surface area contributed by atoms with Gasteiger partial charge in [0.05, 0.1) is 22.3 Å². The van der Waals surface area contributed by atoms with Gasteiger partial charge in [0.2, 0.25) is 0 Å². The molecule has 0 aliphatic rings. The van der Waals surface area contributed by atoms with E-state index in [4.69, 9.17) is 11.6 Å². The van der Waals surface area contributed by atoms with Crippen LogP contribution in [0.25, 0.3) is 0 Å². The summed E-state index contributed by atoms with van der Waals surface area (Å²) in [5.74, 6) is -2.09. The molecule has 0 spiro atoms. The largest absolute Gasteiger partial charge is 0.545 e. The first-order valence-corrected chi connectivity index (χ1v) is 8.24. The number of sulfone groups is 1. The van der Waals surface area contributed by atoms with Crippen molar-refractivity contribution in [3.8, 4) is 0 Å². The number of carboxylic acid groups (broad SMARTS) is 1. The van der Waals surface area contributed by atoms with E-state index in [9.17, 15) is 28.7 Å². The third-order valence-corrected chi connectivity index (χ3v) is 4.99. The van der Waals surface area contributed by atoms with Gasteiger partial charge < -0.3 is 9.90 Å². The van der Waals surface area contributed by atoms with E-state index in [0.29, 0.717) is 5.02 Å². The molecule has 0 aliphatic carbocycles. The number of aromatic carboxylic acids is 1. The van der Waals surface area contributed by atoms with Crippen molar-refractivity contribution in [3.05, 3.63) is 58.6 Å². The molecule has 0 aliphatic heterocycles. The highest BCUT2D eigenvalue weighted by molar-refractivity contribution is 7.90. The number of hydrogen-bond acceptors (Lipinski definition) is 7. The fourth-order valence-corrected chi connectivity index (χ4v) is 3.43. The number of nitrogens with zero attached hydrogens (tertiary/aromatic N) is 1. The molecule has 0 aromatic heterocycles. The molecule has 0 radical (unpaired) electrons. The minimum Gasteiger partial charge on any atom is -0.545 e. The highest BCUT2D eigenvalue weighted by Crippen LogP contribution is 2.26. The van der Waals surface area contributed by atoms with Crippen LogP contribution in [0.2, 0.25) is 5.02 Å². The summed E-state index contributed by atoms with van der Waals surface area (Å²) in [4.78, 5) is 10.8. The van der Waals surface area contributed by atoms with Crippen LogP contribution in [0.5, 0.6) is 0 Å². The SMILES string of the molecule is O=C([O-])c1ccc(CS(=O)(=O)c2ccc(Cl)cc2)c(N(O)O)c1. The zero-order valence-electron chi connectivity index (χ0n) is 11.5. The van der Waals surface area contributed by atoms with Crippen molar-refractivity contribution in [1.29, 1.82) is 0 Å². The van der Waals surface area contributed by atoms with E-state index >= 15 is 0 Å². The third-order valence-electron chi connectivity index (χ3n) is 3.05. The quantitative estimate of drug-likeness (QED) is 0.774. The van der Waals surface area contributed by atoms with Crippen molar-refractivity contribution in [2.45, 2.75) is 10.6 Å². The Kier molecular flexibility index (Phi) is 4.90. The van der Waals surface area contributed by atoms with Crippen LogP contribution >= 0.6 is 11.6 Å². The zero-order valence-corrected chi connectivity index (χ0v) is 13.1. The molecule has 0 atom stereocenters. The maximum absolute atomic E-state index is 12.4. The Balaban J connectivity index is 2.42. The number of halogens is 1. The fourth-order valence-electron chi connectivity index (χ4n) is 1.93. The van der Waals surface area contributed by atoms with E-state index in [1.807, 2.05) is 0 Å². The number of carboxylic acids is 1. The molecule has 23 heavy (non-hydrogen) atoms. The lowest BCUT2D eigenvalue weighted by atomic mass is 10.1. The Labute approximate surface area is 136 Å². The van der Waals surface area contributed by atoms with Crippen LogP contribution in [0, 0.1) is 0 Å². The number of hydrogen-bond donors (Lipinski definition) is 2. The normalized spacial score (nSPS) is 11.3. The van der Waals surface area contributed by atoms with Gasteiger partial charge in [-0.05, 0) is 41.5 Å². The average Bonchev–Trinajstić information content (AvgIpc) is 2.47. The Morgan fingerprint density at radius 3 is 2.26 bits per heavy atom. The summed E-state index contributed by atoms with van der Waals surface area (Å²) >= 11 is 5.71. The van der Waals surface area contributed by atoms with E-state index < -0.39 is 21.6 Å². The third kappa shape index (κ3) is 3.99. The first-order valence-electron chi connectivity index (χ1n) is 6.21. The van der Waals surface area contributed by atoms with Crippen LogP contribution in [0.1, 0.15) is 15.9 Å². The Hall–Kier alpha value is -2.13. The maximum atomic E-state index is 12.4. The molecule has 2 N–H and O–H groups in total. The molecule has 122 valence electrons. The van der Waals surface area contributed by atoms with Gasteiger partial charge >= 0.3 is 0 Å². The van der Waals surface area contributed by atoms with Crippen LogP contribution in [0.4, 0.5) is 5.69 Å². The Bertz CT molecular complexity index is 833. The predicted molar refractivity (Wildman–Crippen MR) is 79.2 cm³/mol. The molecule has 0 saturated heterocycles. The number of benzene rings is 2. The lowest BCUT2D eigenvalue weighted by molar-refractivity contribution is -0.255. The summed E-state index contributed by atoms with van der Waals surface area (Å²) in [7, 11) is -3.79. The van der Waals surface area contributed by atoms with Gasteiger partial charge in [-0.3, -0.25) is 10.4 Å². The second-order valence-corrected chi connectivity index (χ2v) is 7.06. The molecular weight excluding hydrogens is 346 g/mol. The van der Waals surface area contributed by atoms with E-state index in [0.717, 1.165) is 12.1 Å². The van der Waals surface area contributed by atoms with E-state index in [1.165, 1.54) is 30.3 Å². The molecular formula is C14H11ClNO6S-. The molecule has 0 bridgehead atoms. The number of anilines is 1. The van der Waals surface area contributed by atoms with Crippen molar-refractivity contribution < 1.29 is 28.7 Å². The summed E-state index contributed by atoms with van der Waals surface area (Å²) in [6.07, 6.45) is 0. The van der Waals surface area contributed by atoms with E-state index in [1.54, 1.807) is 0 Å². The standard InChI is InChI=1S/C14H12ClNO6S/c15-11-3-5-12(6-4-11)23(21,22)8-10-2-1-9(14(17)18)7-13(10)16(19)20/h1-7,19-20H,8H2,(H,17,18)/p-1. The molecule has 0 saturated carbocycles. The monoisotopic (exact) mass is 356 g/mol. The highest BCUT2D eigenvalue weighted by atomic mass is 35.5. The van der Waals surface area contributed by atoms with Crippen LogP contribution < -0.4 is 10.3 Å². The Morgan fingerprint density at radius 1 is 1.13 bits per heavy atom. The lowest BCUT2D eigenvalue weighted by Gasteiger charge is -2.16. The van der Waals surface area contributed by atoms with Crippen molar-refractivity contribution in [1.82, 2.24) is 0 Å². The summed E-state index contributed by atoms with van der Waals surface area (Å²) < 4.78 is 24.7. The second kappa shape index (κ2) is 6.55. The predicted octanol–water partition coefficient (Wildman–Crippen LogP) is 1.26. The van der Waals surface area contributed by atoms with Gasteiger partial charge in [0.1, 0.15) is 0 Å². The molecule has 2 aromatic rings. The minimum atomic E-state index is -3.79. The van der Waals surface area contributed by atoms with E-state index in [2.05, 4.69) is 0 Å². The van der Waals surface area contributed by atoms with Gasteiger partial charge in [-0.25, -0.2) is 8.42 Å². The molecule has 9 heteroatoms. The maximum Gasteiger partial charge on any atom is 0.182 e. The van der Waals surface area contributed by atoms with Crippen LogP contribution in [-0.4, -0.2) is 24.8 Å². The summed E-state index contributed by atoms with van der Waals surface area (Å²) in [6, 6.07) is 8.67. The van der Waals surface area contributed by atoms with Crippen LogP contribution in [0.3, 0.4) is 0 Å². The summed E-state index contributed by atoms with van der Waals surface area (Å²) in [5.41, 5.74) is -0.681. The van der Waals surface area contributed by atoms with Gasteiger partial charge in [0, 0.05) is 5.02 Å². The first-order chi connectivity index (χ1) is 10.7. The molecule has 7 nitrogen and oxygen atoms in total. The van der Waals surface area contributed by atoms with Crippen molar-refractivity contribution in [3.63, 3.8) is 0 Å². The minimum absolute atomic E-state index is 0.000688. The van der Waals surface area contributed by atoms with Gasteiger partial charge in [-0.1, -0.05) is 23.7 Å². The molecule has 2 rings (SSSR count). The smallest absolute Gasteiger partial charge is 0.182 e. The fraction of sp³-hybridized carbons (Fsp3) is 0.0714. The van der Waals surface area contributed by atoms with Crippen molar-refractivity contribution in [2.24, 2.45) is 0 Å². The van der Waals surface area contributed by atoms with Crippen molar-refractivity contribution >= 4 is 33.1 Å². The lowest BCUT2D eigenvalue weighted by Crippen LogP contribution is -2.23. The molecule has 0 unspecified atom stereocenters. The number of rotatable bonds is 5. The topological polar surface area (TPSA) is 118 Å². The molecule has 0 amide bonds. The molecule has 0 heterocycles. The van der Waals surface area contributed by atoms with Crippen LogP contribution in [0.15, 0.2) is 47.4 Å². The second-order valence-electron chi connectivity index (χ2n) is 4.63. The average molecular weight is 357 g/mol. The zero-order chi connectivity index (χ0) is 17.2. The molecule has 0 fully saturated rings. The van der Waals surface area contributed by atoms with Crippen molar-refractivity contribution in [2.75, 3.05) is 5.23 Å². The van der Waals surface area contributed by atoms with Gasteiger partial charge in [-0.2, -0.15) is 0 Å². The van der Waals surface area contributed by atoms with Gasteiger partial charge in [0.25, 0.3) is 0 Å². The number of carbonyl (C=O) groups excluding carboxylic acids is 1. The highest BCUT2D eigenvalue weighted by Gasteiger charge is 2.19. The summed E-state index contributed by atoms with van der Waals surface area (Å²) in [5, 5.41) is 29.2. The number of carbonyl (C=O) groups is 1. The van der Waals surface area contributed by atoms with Gasteiger partial charge in [0.15, 0.2) is 9.84 Å². The first kappa shape index (κ1) is 17.2. The summed E-state index contributed by atoms with van der Waals surface area (Å²) in [6.45, 7) is 0. The van der Waals surface area contributed by atoms with Crippen LogP contribution in [-0.2, 0) is 15.6 Å². The Morgan fingerprint density at radius 2 is 1.74 bits per heavy atom. The van der Waals surface area contributed by atoms with E-state index in [-0.39, 0.29) is 26.9 Å². The molecule has 2 aromatic carbocycles. The van der Waals surface area contributed by atoms with Gasteiger partial charge in [-0.15, -0.1) is 5.23 Å².